The maximum atomic E-state index is 6.12. The van der Waals surface area contributed by atoms with Gasteiger partial charge in [0.15, 0.2) is 0 Å². The number of ether oxygens (including phenoxy) is 1. The van der Waals surface area contributed by atoms with Gasteiger partial charge in [0.1, 0.15) is 12.4 Å². The van der Waals surface area contributed by atoms with Crippen LogP contribution in [0.15, 0.2) is 72.8 Å². The molecule has 1 aliphatic rings. The Bertz CT molecular complexity index is 1140. The number of hydrogen-bond acceptors (Lipinski definition) is 3. The molecule has 0 spiro atoms. The Kier molecular flexibility index (Phi) is 6.26. The summed E-state index contributed by atoms with van der Waals surface area (Å²) in [6.45, 7) is 4.21. The van der Waals surface area contributed by atoms with Gasteiger partial charge in [-0.05, 0) is 84.8 Å². The average molecular weight is 448 g/mol. The molecule has 0 atom stereocenters. The summed E-state index contributed by atoms with van der Waals surface area (Å²) < 4.78 is 7.30. The number of rotatable bonds is 7. The lowest BCUT2D eigenvalue weighted by molar-refractivity contribution is 0.238. The van der Waals surface area contributed by atoms with Gasteiger partial charge >= 0.3 is 0 Å². The van der Waals surface area contributed by atoms with E-state index in [1.54, 1.807) is 0 Å². The quantitative estimate of drug-likeness (QED) is 0.295. The molecule has 31 heavy (non-hydrogen) atoms. The van der Waals surface area contributed by atoms with Gasteiger partial charge in [0, 0.05) is 21.1 Å². The van der Waals surface area contributed by atoms with Crippen LogP contribution < -0.4 is 4.74 Å². The van der Waals surface area contributed by atoms with Crippen LogP contribution in [0.1, 0.15) is 24.0 Å². The molecule has 1 aromatic heterocycles. The first-order chi connectivity index (χ1) is 15.3. The second-order valence-corrected chi connectivity index (χ2v) is 9.62. The van der Waals surface area contributed by atoms with E-state index in [4.69, 9.17) is 16.3 Å². The van der Waals surface area contributed by atoms with Crippen molar-refractivity contribution in [1.82, 2.24) is 4.90 Å². The molecule has 1 fully saturated rings. The zero-order valence-corrected chi connectivity index (χ0v) is 19.1. The molecule has 4 aromatic rings. The first-order valence-corrected chi connectivity index (χ1v) is 12.2. The fourth-order valence-corrected chi connectivity index (χ4v) is 5.67. The van der Waals surface area contributed by atoms with E-state index >= 15 is 0 Å². The molecular formula is C27H26ClNOS. The van der Waals surface area contributed by atoms with Crippen molar-refractivity contribution in [2.75, 3.05) is 26.2 Å². The molecule has 1 saturated heterocycles. The van der Waals surface area contributed by atoms with Crippen molar-refractivity contribution in [3.63, 3.8) is 0 Å². The summed E-state index contributed by atoms with van der Waals surface area (Å²) in [6.07, 6.45) is 3.55. The Balaban J connectivity index is 1.34. The molecule has 0 unspecified atom stereocenters. The van der Waals surface area contributed by atoms with E-state index < -0.39 is 0 Å². The third kappa shape index (κ3) is 4.79. The van der Waals surface area contributed by atoms with Crippen LogP contribution in [0.4, 0.5) is 0 Å². The highest BCUT2D eigenvalue weighted by atomic mass is 35.5. The van der Waals surface area contributed by atoms with E-state index in [0.717, 1.165) is 30.3 Å². The Morgan fingerprint density at radius 2 is 1.61 bits per heavy atom. The van der Waals surface area contributed by atoms with Crippen molar-refractivity contribution in [3.8, 4) is 16.2 Å². The summed E-state index contributed by atoms with van der Waals surface area (Å²) in [5, 5.41) is 2.11. The maximum Gasteiger partial charge on any atom is 0.119 e. The second-order valence-electron chi connectivity index (χ2n) is 8.13. The van der Waals surface area contributed by atoms with Crippen molar-refractivity contribution < 1.29 is 4.74 Å². The van der Waals surface area contributed by atoms with Crippen LogP contribution in [0.5, 0.6) is 5.75 Å². The van der Waals surface area contributed by atoms with Gasteiger partial charge in [-0.1, -0.05) is 54.1 Å². The van der Waals surface area contributed by atoms with Gasteiger partial charge in [0.05, 0.1) is 0 Å². The van der Waals surface area contributed by atoms with Gasteiger partial charge in [-0.3, -0.25) is 4.90 Å². The average Bonchev–Trinajstić information content (AvgIpc) is 3.44. The van der Waals surface area contributed by atoms with Crippen LogP contribution in [0.3, 0.4) is 0 Å². The topological polar surface area (TPSA) is 12.5 Å². The van der Waals surface area contributed by atoms with Crippen molar-refractivity contribution in [1.29, 1.82) is 0 Å². The zero-order valence-electron chi connectivity index (χ0n) is 17.5. The van der Waals surface area contributed by atoms with E-state index in [-0.39, 0.29) is 0 Å². The molecule has 158 valence electrons. The zero-order chi connectivity index (χ0) is 21.0. The summed E-state index contributed by atoms with van der Waals surface area (Å²) in [5.74, 6) is 0.955. The third-order valence-corrected chi connectivity index (χ3v) is 7.50. The molecule has 2 nitrogen and oxygen atoms in total. The molecular weight excluding hydrogens is 422 g/mol. The standard InChI is InChI=1S/C27H26ClNOS/c28-22-11-9-21(10-12-22)27-25(24-5-1-2-6-26(24)31-27)19-20-7-13-23(14-8-20)30-18-17-29-15-3-4-16-29/h1-2,5-14H,3-4,15-19H2. The molecule has 3 aromatic carbocycles. The minimum Gasteiger partial charge on any atom is -0.492 e. The first-order valence-electron chi connectivity index (χ1n) is 11.0. The smallest absolute Gasteiger partial charge is 0.119 e. The predicted molar refractivity (Wildman–Crippen MR) is 133 cm³/mol. The fraction of sp³-hybridized carbons (Fsp3) is 0.259. The van der Waals surface area contributed by atoms with Crippen LogP contribution in [0.2, 0.25) is 5.02 Å². The molecule has 0 saturated carbocycles. The molecule has 0 radical (unpaired) electrons. The summed E-state index contributed by atoms with van der Waals surface area (Å²) >= 11 is 7.98. The normalized spacial score (nSPS) is 14.4. The molecule has 0 aliphatic carbocycles. The molecule has 1 aliphatic heterocycles. The largest absolute Gasteiger partial charge is 0.492 e. The Hall–Kier alpha value is -2.33. The molecule has 2 heterocycles. The van der Waals surface area contributed by atoms with Gasteiger partial charge in [0.2, 0.25) is 0 Å². The summed E-state index contributed by atoms with van der Waals surface area (Å²) in [7, 11) is 0. The van der Waals surface area contributed by atoms with E-state index in [0.29, 0.717) is 0 Å². The number of fused-ring (bicyclic) bond motifs is 1. The molecule has 0 bridgehead atoms. The minimum absolute atomic E-state index is 0.759. The third-order valence-electron chi connectivity index (χ3n) is 5.98. The van der Waals surface area contributed by atoms with Crippen LogP contribution in [-0.2, 0) is 6.42 Å². The predicted octanol–water partition coefficient (Wildman–Crippen LogP) is 7.29. The first kappa shape index (κ1) is 20.6. The highest BCUT2D eigenvalue weighted by Gasteiger charge is 2.15. The van der Waals surface area contributed by atoms with Crippen molar-refractivity contribution in [2.45, 2.75) is 19.3 Å². The Morgan fingerprint density at radius 3 is 2.39 bits per heavy atom. The number of halogens is 1. The fourth-order valence-electron chi connectivity index (χ4n) is 4.32. The number of thiophene rings is 1. The molecule has 0 N–H and O–H groups in total. The lowest BCUT2D eigenvalue weighted by Crippen LogP contribution is -2.25. The van der Waals surface area contributed by atoms with E-state index in [1.165, 1.54) is 57.6 Å². The Labute approximate surface area is 193 Å². The summed E-state index contributed by atoms with van der Waals surface area (Å²) in [6, 6.07) is 25.5. The van der Waals surface area contributed by atoms with Crippen LogP contribution in [0.25, 0.3) is 20.5 Å². The van der Waals surface area contributed by atoms with Crippen LogP contribution in [0, 0.1) is 0 Å². The molecule has 4 heteroatoms. The number of hydrogen-bond donors (Lipinski definition) is 0. The summed E-state index contributed by atoms with van der Waals surface area (Å²) in [4.78, 5) is 3.80. The lowest BCUT2D eigenvalue weighted by Gasteiger charge is -2.15. The highest BCUT2D eigenvalue weighted by Crippen LogP contribution is 2.40. The van der Waals surface area contributed by atoms with Crippen LogP contribution >= 0.6 is 22.9 Å². The van der Waals surface area contributed by atoms with Gasteiger partial charge in [-0.2, -0.15) is 0 Å². The van der Waals surface area contributed by atoms with Crippen LogP contribution in [-0.4, -0.2) is 31.1 Å². The van der Waals surface area contributed by atoms with E-state index in [9.17, 15) is 0 Å². The van der Waals surface area contributed by atoms with Gasteiger partial charge in [0.25, 0.3) is 0 Å². The molecule has 0 amide bonds. The van der Waals surface area contributed by atoms with Crippen molar-refractivity contribution in [2.24, 2.45) is 0 Å². The SMILES string of the molecule is Clc1ccc(-c2sc3ccccc3c2Cc2ccc(OCCN3CCCC3)cc2)cc1. The molecule has 5 rings (SSSR count). The number of benzene rings is 3. The van der Waals surface area contributed by atoms with E-state index in [2.05, 4.69) is 65.6 Å². The monoisotopic (exact) mass is 447 g/mol. The Morgan fingerprint density at radius 1 is 0.871 bits per heavy atom. The number of nitrogens with zero attached hydrogens (tertiary/aromatic N) is 1. The van der Waals surface area contributed by atoms with E-state index in [1.807, 2.05) is 23.5 Å². The summed E-state index contributed by atoms with van der Waals surface area (Å²) in [5.41, 5.74) is 3.90. The maximum absolute atomic E-state index is 6.12. The van der Waals surface area contributed by atoms with Gasteiger partial charge in [-0.15, -0.1) is 11.3 Å². The lowest BCUT2D eigenvalue weighted by atomic mass is 9.99. The van der Waals surface area contributed by atoms with Gasteiger partial charge < -0.3 is 4.74 Å². The van der Waals surface area contributed by atoms with Crippen molar-refractivity contribution in [3.05, 3.63) is 88.9 Å². The van der Waals surface area contributed by atoms with Crippen molar-refractivity contribution >= 4 is 33.0 Å². The minimum atomic E-state index is 0.759. The van der Waals surface area contributed by atoms with Gasteiger partial charge in [-0.25, -0.2) is 0 Å². The highest BCUT2D eigenvalue weighted by molar-refractivity contribution is 7.22. The number of likely N-dealkylation sites (tertiary alicyclic amines) is 1. The second kappa shape index (κ2) is 9.44.